The second kappa shape index (κ2) is 6.49. The Morgan fingerprint density at radius 3 is 2.95 bits per heavy atom. The van der Waals surface area contributed by atoms with Gasteiger partial charge in [0.2, 0.25) is 0 Å². The maximum absolute atomic E-state index is 11.6. The Kier molecular flexibility index (Phi) is 4.92. The molecule has 3 nitrogen and oxygen atoms in total. The molecule has 0 radical (unpaired) electrons. The highest BCUT2D eigenvalue weighted by molar-refractivity contribution is 5.60. The van der Waals surface area contributed by atoms with E-state index in [4.69, 9.17) is 0 Å². The molecule has 0 N–H and O–H groups in total. The van der Waals surface area contributed by atoms with Crippen LogP contribution in [-0.2, 0) is 11.3 Å². The summed E-state index contributed by atoms with van der Waals surface area (Å²) in [5, 5.41) is 0. The van der Waals surface area contributed by atoms with Crippen LogP contribution in [0.4, 0.5) is 0 Å². The zero-order valence-corrected chi connectivity index (χ0v) is 12.9. The van der Waals surface area contributed by atoms with Crippen molar-refractivity contribution in [2.75, 3.05) is 13.6 Å². The number of hydrogen-bond donors (Lipinski definition) is 0. The topological polar surface area (TPSA) is 33.2 Å². The number of hydrogen-bond acceptors (Lipinski definition) is 3. The van der Waals surface area contributed by atoms with Crippen molar-refractivity contribution in [1.29, 1.82) is 0 Å². The Bertz CT molecular complexity index is 460. The first-order valence-corrected chi connectivity index (χ1v) is 7.60. The average Bonchev–Trinajstić information content (AvgIpc) is 2.38. The van der Waals surface area contributed by atoms with Gasteiger partial charge >= 0.3 is 0 Å². The van der Waals surface area contributed by atoms with Crippen molar-refractivity contribution in [2.45, 2.75) is 46.1 Å². The van der Waals surface area contributed by atoms with Gasteiger partial charge in [0, 0.05) is 24.2 Å². The summed E-state index contributed by atoms with van der Waals surface area (Å²) >= 11 is 0. The zero-order valence-electron chi connectivity index (χ0n) is 12.9. The number of aldehydes is 1. The van der Waals surface area contributed by atoms with Crippen molar-refractivity contribution in [3.8, 4) is 0 Å². The van der Waals surface area contributed by atoms with Gasteiger partial charge in [0.1, 0.15) is 6.29 Å². The van der Waals surface area contributed by atoms with E-state index >= 15 is 0 Å². The van der Waals surface area contributed by atoms with Crippen molar-refractivity contribution < 1.29 is 4.79 Å². The molecule has 1 aliphatic carbocycles. The standard InChI is InChI=1S/C17H26N2O/c1-14-6-5-9-17(10-14,13-20)12-19(3)11-16-8-4-7-15(2)18-16/h4,7-8,13-14H,5-6,9-12H2,1-3H3. The van der Waals surface area contributed by atoms with E-state index in [0.717, 1.165) is 37.3 Å². The molecule has 3 heteroatoms. The summed E-state index contributed by atoms with van der Waals surface area (Å²) < 4.78 is 0. The number of aromatic nitrogens is 1. The Hall–Kier alpha value is -1.22. The van der Waals surface area contributed by atoms with E-state index in [2.05, 4.69) is 29.9 Å². The van der Waals surface area contributed by atoms with E-state index in [1.807, 2.05) is 19.1 Å². The molecule has 1 fully saturated rings. The molecule has 1 aromatic rings. The Morgan fingerprint density at radius 1 is 1.50 bits per heavy atom. The van der Waals surface area contributed by atoms with Gasteiger partial charge in [-0.15, -0.1) is 0 Å². The molecule has 0 bridgehead atoms. The van der Waals surface area contributed by atoms with Gasteiger partial charge in [-0.05, 0) is 44.9 Å². The van der Waals surface area contributed by atoms with E-state index in [0.29, 0.717) is 5.92 Å². The molecule has 2 atom stereocenters. The van der Waals surface area contributed by atoms with Gasteiger partial charge < -0.3 is 4.79 Å². The van der Waals surface area contributed by atoms with Crippen LogP contribution < -0.4 is 0 Å². The molecule has 20 heavy (non-hydrogen) atoms. The predicted octanol–water partition coefficient (Wildman–Crippen LogP) is 3.22. The minimum atomic E-state index is -0.143. The predicted molar refractivity (Wildman–Crippen MR) is 81.4 cm³/mol. The van der Waals surface area contributed by atoms with Crippen LogP contribution in [0.2, 0.25) is 0 Å². The number of carbonyl (C=O) groups excluding carboxylic acids is 1. The largest absolute Gasteiger partial charge is 0.303 e. The van der Waals surface area contributed by atoms with E-state index in [-0.39, 0.29) is 5.41 Å². The molecule has 1 aromatic heterocycles. The highest BCUT2D eigenvalue weighted by Crippen LogP contribution is 2.38. The molecule has 2 unspecified atom stereocenters. The van der Waals surface area contributed by atoms with Crippen LogP contribution >= 0.6 is 0 Å². The fourth-order valence-corrected chi connectivity index (χ4v) is 3.55. The quantitative estimate of drug-likeness (QED) is 0.773. The van der Waals surface area contributed by atoms with Gasteiger partial charge in [0.05, 0.1) is 5.69 Å². The van der Waals surface area contributed by atoms with Crippen molar-refractivity contribution >= 4 is 6.29 Å². The average molecular weight is 274 g/mol. The van der Waals surface area contributed by atoms with Crippen LogP contribution in [0, 0.1) is 18.3 Å². The molecule has 0 aliphatic heterocycles. The molecule has 1 saturated carbocycles. The number of rotatable bonds is 5. The minimum absolute atomic E-state index is 0.143. The molecule has 0 amide bonds. The maximum Gasteiger partial charge on any atom is 0.127 e. The molecule has 2 rings (SSSR count). The number of nitrogens with zero attached hydrogens (tertiary/aromatic N) is 2. The van der Waals surface area contributed by atoms with E-state index in [1.165, 1.54) is 19.1 Å². The van der Waals surface area contributed by atoms with E-state index in [1.54, 1.807) is 0 Å². The summed E-state index contributed by atoms with van der Waals surface area (Å²) in [6.07, 6.45) is 5.71. The summed E-state index contributed by atoms with van der Waals surface area (Å²) in [5.41, 5.74) is 1.99. The lowest BCUT2D eigenvalue weighted by molar-refractivity contribution is -0.120. The first-order valence-electron chi connectivity index (χ1n) is 7.60. The van der Waals surface area contributed by atoms with E-state index in [9.17, 15) is 4.79 Å². The number of carbonyl (C=O) groups is 1. The van der Waals surface area contributed by atoms with Crippen molar-refractivity contribution in [3.05, 3.63) is 29.6 Å². The minimum Gasteiger partial charge on any atom is -0.303 e. The fourth-order valence-electron chi connectivity index (χ4n) is 3.55. The second-order valence-corrected chi connectivity index (χ2v) is 6.62. The van der Waals surface area contributed by atoms with Gasteiger partial charge in [0.25, 0.3) is 0 Å². The van der Waals surface area contributed by atoms with Crippen molar-refractivity contribution in [2.24, 2.45) is 11.3 Å². The summed E-state index contributed by atoms with van der Waals surface area (Å²) in [6, 6.07) is 6.11. The van der Waals surface area contributed by atoms with Gasteiger partial charge in [-0.2, -0.15) is 0 Å². The Balaban J connectivity index is 1.98. The number of aryl methyl sites for hydroxylation is 1. The maximum atomic E-state index is 11.6. The number of pyridine rings is 1. The highest BCUT2D eigenvalue weighted by Gasteiger charge is 2.35. The summed E-state index contributed by atoms with van der Waals surface area (Å²) in [4.78, 5) is 18.4. The highest BCUT2D eigenvalue weighted by atomic mass is 16.1. The molecule has 1 heterocycles. The van der Waals surface area contributed by atoms with Crippen LogP contribution in [0.5, 0.6) is 0 Å². The molecule has 110 valence electrons. The molecule has 0 saturated heterocycles. The van der Waals surface area contributed by atoms with Crippen LogP contribution in [0.3, 0.4) is 0 Å². The fraction of sp³-hybridized carbons (Fsp3) is 0.647. The molecular weight excluding hydrogens is 248 g/mol. The van der Waals surface area contributed by atoms with Crippen LogP contribution in [0.25, 0.3) is 0 Å². The summed E-state index contributed by atoms with van der Waals surface area (Å²) in [7, 11) is 2.09. The molecule has 0 aromatic carbocycles. The first-order chi connectivity index (χ1) is 9.53. The lowest BCUT2D eigenvalue weighted by Crippen LogP contribution is -2.40. The van der Waals surface area contributed by atoms with E-state index < -0.39 is 0 Å². The zero-order chi connectivity index (χ0) is 14.6. The Labute approximate surface area is 122 Å². The third-order valence-electron chi connectivity index (χ3n) is 4.34. The smallest absolute Gasteiger partial charge is 0.127 e. The lowest BCUT2D eigenvalue weighted by atomic mass is 9.71. The van der Waals surface area contributed by atoms with Crippen LogP contribution in [-0.4, -0.2) is 29.8 Å². The SMILES string of the molecule is Cc1cccc(CN(C)CC2(C=O)CCCC(C)C2)n1. The normalized spacial score (nSPS) is 26.7. The molecule has 1 aliphatic rings. The Morgan fingerprint density at radius 2 is 2.30 bits per heavy atom. The van der Waals surface area contributed by atoms with Gasteiger partial charge in [-0.25, -0.2) is 0 Å². The van der Waals surface area contributed by atoms with Crippen molar-refractivity contribution in [3.63, 3.8) is 0 Å². The third-order valence-corrected chi connectivity index (χ3v) is 4.34. The lowest BCUT2D eigenvalue weighted by Gasteiger charge is -2.38. The third kappa shape index (κ3) is 3.89. The van der Waals surface area contributed by atoms with Crippen LogP contribution in [0.15, 0.2) is 18.2 Å². The monoisotopic (exact) mass is 274 g/mol. The molecular formula is C17H26N2O. The van der Waals surface area contributed by atoms with Crippen LogP contribution in [0.1, 0.15) is 44.0 Å². The van der Waals surface area contributed by atoms with Gasteiger partial charge in [0.15, 0.2) is 0 Å². The van der Waals surface area contributed by atoms with Crippen molar-refractivity contribution in [1.82, 2.24) is 9.88 Å². The molecule has 0 spiro atoms. The summed E-state index contributed by atoms with van der Waals surface area (Å²) in [5.74, 6) is 0.666. The van der Waals surface area contributed by atoms with Gasteiger partial charge in [-0.3, -0.25) is 9.88 Å². The van der Waals surface area contributed by atoms with Gasteiger partial charge in [-0.1, -0.05) is 25.8 Å². The summed E-state index contributed by atoms with van der Waals surface area (Å²) in [6.45, 7) is 5.93. The first kappa shape index (κ1) is 15.2. The second-order valence-electron chi connectivity index (χ2n) is 6.62.